The van der Waals surface area contributed by atoms with E-state index in [4.69, 9.17) is 9.47 Å². The van der Waals surface area contributed by atoms with Crippen LogP contribution < -0.4 is 9.47 Å². The number of ether oxygens (including phenoxy) is 2. The molecule has 0 aliphatic heterocycles. The molecule has 0 unspecified atom stereocenters. The van der Waals surface area contributed by atoms with Gasteiger partial charge >= 0.3 is 0 Å². The number of aldehydes is 1. The Bertz CT molecular complexity index is 266. The van der Waals surface area contributed by atoms with Crippen molar-refractivity contribution in [2.24, 2.45) is 0 Å². The van der Waals surface area contributed by atoms with Gasteiger partial charge in [0, 0.05) is 0 Å². The van der Waals surface area contributed by atoms with Crippen molar-refractivity contribution in [3.63, 3.8) is 0 Å². The van der Waals surface area contributed by atoms with Crippen LogP contribution in [0.3, 0.4) is 0 Å². The first-order valence-electron chi connectivity index (χ1n) is 4.02. The topological polar surface area (TPSA) is 35.5 Å². The minimum absolute atomic E-state index is 0.409. The van der Waals surface area contributed by atoms with Gasteiger partial charge in [-0.2, -0.15) is 0 Å². The van der Waals surface area contributed by atoms with E-state index in [9.17, 15) is 4.79 Å². The van der Waals surface area contributed by atoms with Gasteiger partial charge in [-0.05, 0) is 31.2 Å². The lowest BCUT2D eigenvalue weighted by Gasteiger charge is -2.08. The molecule has 1 rings (SSSR count). The van der Waals surface area contributed by atoms with Crippen LogP contribution in [0.15, 0.2) is 24.3 Å². The summed E-state index contributed by atoms with van der Waals surface area (Å²) < 4.78 is 10.2. The van der Waals surface area contributed by atoms with E-state index < -0.39 is 6.10 Å². The Labute approximate surface area is 77.3 Å². The maximum atomic E-state index is 10.3. The first-order chi connectivity index (χ1) is 6.26. The predicted molar refractivity (Wildman–Crippen MR) is 49.1 cm³/mol. The molecule has 0 fully saturated rings. The molecular formula is C10H12O3. The van der Waals surface area contributed by atoms with Crippen LogP contribution in [0.2, 0.25) is 0 Å². The Morgan fingerprint density at radius 1 is 1.23 bits per heavy atom. The van der Waals surface area contributed by atoms with Crippen molar-refractivity contribution in [2.45, 2.75) is 13.0 Å². The second-order valence-electron chi connectivity index (χ2n) is 2.63. The molecule has 0 amide bonds. The molecule has 3 nitrogen and oxygen atoms in total. The minimum atomic E-state index is -0.409. The highest BCUT2D eigenvalue weighted by atomic mass is 16.5. The van der Waals surface area contributed by atoms with Gasteiger partial charge in [0.05, 0.1) is 7.11 Å². The largest absolute Gasteiger partial charge is 0.497 e. The summed E-state index contributed by atoms with van der Waals surface area (Å²) in [6.07, 6.45) is 0.345. The van der Waals surface area contributed by atoms with Gasteiger partial charge in [0.25, 0.3) is 0 Å². The lowest BCUT2D eigenvalue weighted by Crippen LogP contribution is -2.12. The zero-order valence-electron chi connectivity index (χ0n) is 7.69. The Hall–Kier alpha value is -1.51. The van der Waals surface area contributed by atoms with Crippen molar-refractivity contribution in [1.82, 2.24) is 0 Å². The third kappa shape index (κ3) is 2.78. The second kappa shape index (κ2) is 4.50. The molecule has 13 heavy (non-hydrogen) atoms. The summed E-state index contributed by atoms with van der Waals surface area (Å²) in [5.74, 6) is 1.44. The molecule has 0 N–H and O–H groups in total. The molecule has 0 aromatic heterocycles. The van der Waals surface area contributed by atoms with E-state index in [1.165, 1.54) is 0 Å². The number of carbonyl (C=O) groups excluding carboxylic acids is 1. The SMILES string of the molecule is COc1ccc(O[C@@H](C)C=O)cc1. The van der Waals surface area contributed by atoms with Gasteiger partial charge in [-0.3, -0.25) is 4.79 Å². The fourth-order valence-electron chi connectivity index (χ4n) is 0.897. The molecule has 0 aliphatic rings. The number of hydrogen-bond acceptors (Lipinski definition) is 3. The molecule has 0 spiro atoms. The quantitative estimate of drug-likeness (QED) is 0.661. The highest BCUT2D eigenvalue weighted by Gasteiger charge is 2.00. The molecule has 1 atom stereocenters. The normalized spacial score (nSPS) is 11.8. The summed E-state index contributed by atoms with van der Waals surface area (Å²) >= 11 is 0. The molecule has 0 heterocycles. The molecule has 0 saturated heterocycles. The van der Waals surface area contributed by atoms with Crippen LogP contribution >= 0.6 is 0 Å². The van der Waals surface area contributed by atoms with Crippen molar-refractivity contribution in [2.75, 3.05) is 7.11 Å². The van der Waals surface area contributed by atoms with Gasteiger partial charge in [0.2, 0.25) is 0 Å². The van der Waals surface area contributed by atoms with E-state index in [-0.39, 0.29) is 0 Å². The maximum Gasteiger partial charge on any atom is 0.160 e. The summed E-state index contributed by atoms with van der Waals surface area (Å²) in [6.45, 7) is 1.69. The fourth-order valence-corrected chi connectivity index (χ4v) is 0.897. The van der Waals surface area contributed by atoms with Gasteiger partial charge < -0.3 is 9.47 Å². The first kappa shape index (κ1) is 9.58. The molecule has 70 valence electrons. The molecule has 0 bridgehead atoms. The van der Waals surface area contributed by atoms with Crippen molar-refractivity contribution in [3.8, 4) is 11.5 Å². The van der Waals surface area contributed by atoms with Gasteiger partial charge in [0.15, 0.2) is 12.4 Å². The van der Waals surface area contributed by atoms with Gasteiger partial charge in [0.1, 0.15) is 11.5 Å². The van der Waals surface area contributed by atoms with Crippen LogP contribution in [-0.4, -0.2) is 19.5 Å². The number of rotatable bonds is 4. The Kier molecular flexibility index (Phi) is 3.31. The van der Waals surface area contributed by atoms with Gasteiger partial charge in [-0.15, -0.1) is 0 Å². The van der Waals surface area contributed by atoms with Crippen molar-refractivity contribution < 1.29 is 14.3 Å². The molecule has 0 aliphatic carbocycles. The van der Waals surface area contributed by atoms with E-state index in [1.807, 2.05) is 0 Å². The smallest absolute Gasteiger partial charge is 0.160 e. The molecular weight excluding hydrogens is 168 g/mol. The maximum absolute atomic E-state index is 10.3. The first-order valence-corrected chi connectivity index (χ1v) is 4.02. The molecule has 3 heteroatoms. The predicted octanol–water partition coefficient (Wildman–Crippen LogP) is 1.66. The Morgan fingerprint density at radius 3 is 2.23 bits per heavy atom. The lowest BCUT2D eigenvalue weighted by molar-refractivity contribution is -0.113. The van der Waals surface area contributed by atoms with Crippen LogP contribution in [-0.2, 0) is 4.79 Å². The highest BCUT2D eigenvalue weighted by Crippen LogP contribution is 2.17. The summed E-state index contributed by atoms with van der Waals surface area (Å²) in [5.41, 5.74) is 0. The van der Waals surface area contributed by atoms with E-state index in [0.29, 0.717) is 5.75 Å². The van der Waals surface area contributed by atoms with Gasteiger partial charge in [-0.1, -0.05) is 0 Å². The molecule has 1 aromatic rings. The average Bonchev–Trinajstić information content (AvgIpc) is 2.19. The monoisotopic (exact) mass is 180 g/mol. The summed E-state index contributed by atoms with van der Waals surface area (Å²) in [6, 6.07) is 7.09. The number of hydrogen-bond donors (Lipinski definition) is 0. The molecule has 0 radical (unpaired) electrons. The van der Waals surface area contributed by atoms with E-state index >= 15 is 0 Å². The van der Waals surface area contributed by atoms with E-state index in [2.05, 4.69) is 0 Å². The van der Waals surface area contributed by atoms with Crippen LogP contribution in [0.1, 0.15) is 6.92 Å². The number of methoxy groups -OCH3 is 1. The van der Waals surface area contributed by atoms with Crippen molar-refractivity contribution in [1.29, 1.82) is 0 Å². The second-order valence-corrected chi connectivity index (χ2v) is 2.63. The third-order valence-electron chi connectivity index (χ3n) is 1.57. The minimum Gasteiger partial charge on any atom is -0.497 e. The standard InChI is InChI=1S/C10H12O3/c1-8(7-11)13-10-5-3-9(12-2)4-6-10/h3-8H,1-2H3/t8-/m0/s1. The lowest BCUT2D eigenvalue weighted by atomic mass is 10.3. The van der Waals surface area contributed by atoms with Gasteiger partial charge in [-0.25, -0.2) is 0 Å². The highest BCUT2D eigenvalue weighted by molar-refractivity contribution is 5.56. The van der Waals surface area contributed by atoms with Crippen LogP contribution in [0.4, 0.5) is 0 Å². The Morgan fingerprint density at radius 2 is 1.77 bits per heavy atom. The van der Waals surface area contributed by atoms with E-state index in [1.54, 1.807) is 38.3 Å². The number of carbonyl (C=O) groups is 1. The summed E-state index contributed by atoms with van der Waals surface area (Å²) in [5, 5.41) is 0. The zero-order valence-corrected chi connectivity index (χ0v) is 7.69. The summed E-state index contributed by atoms with van der Waals surface area (Å²) in [7, 11) is 1.60. The molecule has 0 saturated carbocycles. The van der Waals surface area contributed by atoms with Crippen molar-refractivity contribution in [3.05, 3.63) is 24.3 Å². The zero-order chi connectivity index (χ0) is 9.68. The third-order valence-corrected chi connectivity index (χ3v) is 1.57. The van der Waals surface area contributed by atoms with Crippen LogP contribution in [0.5, 0.6) is 11.5 Å². The number of benzene rings is 1. The van der Waals surface area contributed by atoms with Crippen LogP contribution in [0, 0.1) is 0 Å². The molecule has 1 aromatic carbocycles. The fraction of sp³-hybridized carbons (Fsp3) is 0.300. The Balaban J connectivity index is 2.63. The van der Waals surface area contributed by atoms with Crippen LogP contribution in [0.25, 0.3) is 0 Å². The van der Waals surface area contributed by atoms with Crippen molar-refractivity contribution >= 4 is 6.29 Å². The van der Waals surface area contributed by atoms with E-state index in [0.717, 1.165) is 12.0 Å². The summed E-state index contributed by atoms with van der Waals surface area (Å²) in [4.78, 5) is 10.3. The average molecular weight is 180 g/mol.